The normalized spacial score (nSPS) is 21.2. The number of hydrogen-bond donors (Lipinski definition) is 1. The van der Waals surface area contributed by atoms with Crippen LogP contribution in [0.2, 0.25) is 0 Å². The topological polar surface area (TPSA) is 42.4 Å². The number of aromatic nitrogens is 1. The molecule has 4 rings (SSSR count). The number of hydrogen-bond acceptors (Lipinski definition) is 3. The van der Waals surface area contributed by atoms with Gasteiger partial charge in [-0.15, -0.1) is 0 Å². The maximum Gasteiger partial charge on any atom is 0.552 e. The third-order valence-electron chi connectivity index (χ3n) is 4.66. The summed E-state index contributed by atoms with van der Waals surface area (Å²) < 4.78 is 5.56. The summed E-state index contributed by atoms with van der Waals surface area (Å²) in [6, 6.07) is 0. The molecule has 3 aliphatic rings. The van der Waals surface area contributed by atoms with Gasteiger partial charge in [0.05, 0.1) is 11.9 Å². The number of fused-ring (bicyclic) bond motifs is 3. The van der Waals surface area contributed by atoms with Gasteiger partial charge in [-0.05, 0) is 30.3 Å². The van der Waals surface area contributed by atoms with Crippen LogP contribution in [0.1, 0.15) is 48.9 Å². The largest absolute Gasteiger partial charge is 0.552 e. The second-order valence-corrected chi connectivity index (χ2v) is 5.93. The molecule has 0 radical (unpaired) electrons. The molecule has 0 unspecified atom stereocenters. The highest BCUT2D eigenvalue weighted by molar-refractivity contribution is 6.52. The van der Waals surface area contributed by atoms with E-state index in [0.717, 1.165) is 17.9 Å². The first-order chi connectivity index (χ1) is 9.83. The van der Waals surface area contributed by atoms with Crippen LogP contribution in [0, 0.1) is 5.92 Å². The molecule has 1 saturated carbocycles. The number of allylic oxidation sites excluding steroid dienone is 2. The van der Waals surface area contributed by atoms with Gasteiger partial charge in [-0.3, -0.25) is 4.98 Å². The molecule has 0 atom stereocenters. The van der Waals surface area contributed by atoms with Crippen LogP contribution in [0.3, 0.4) is 0 Å². The van der Waals surface area contributed by atoms with Crippen LogP contribution in [0.4, 0.5) is 0 Å². The van der Waals surface area contributed by atoms with Gasteiger partial charge >= 0.3 is 7.12 Å². The second kappa shape index (κ2) is 4.78. The first-order valence-electron chi connectivity index (χ1n) is 7.58. The first kappa shape index (κ1) is 12.2. The zero-order valence-corrected chi connectivity index (χ0v) is 11.5. The lowest BCUT2D eigenvalue weighted by molar-refractivity contribution is 0.410. The third kappa shape index (κ3) is 1.90. The Morgan fingerprint density at radius 3 is 2.95 bits per heavy atom. The van der Waals surface area contributed by atoms with E-state index in [2.05, 4.69) is 17.1 Å². The van der Waals surface area contributed by atoms with Gasteiger partial charge in [-0.1, -0.05) is 31.4 Å². The molecule has 102 valence electrons. The van der Waals surface area contributed by atoms with Crippen molar-refractivity contribution in [1.29, 1.82) is 0 Å². The van der Waals surface area contributed by atoms with Gasteiger partial charge in [-0.2, -0.15) is 0 Å². The van der Waals surface area contributed by atoms with Crippen molar-refractivity contribution in [1.82, 2.24) is 4.98 Å². The van der Waals surface area contributed by atoms with E-state index in [1.54, 1.807) is 6.20 Å². The maximum absolute atomic E-state index is 9.96. The number of nitrogens with zero attached hydrogens (tertiary/aromatic N) is 1. The summed E-state index contributed by atoms with van der Waals surface area (Å²) in [7, 11) is -0.829. The molecular weight excluding hydrogens is 249 g/mol. The molecule has 0 saturated heterocycles. The summed E-state index contributed by atoms with van der Waals surface area (Å²) in [6.45, 7) is 0. The Balaban J connectivity index is 1.83. The van der Waals surface area contributed by atoms with Crippen LogP contribution in [-0.2, 0) is 6.42 Å². The molecule has 1 aromatic heterocycles. The minimum absolute atomic E-state index is 0.557. The third-order valence-corrected chi connectivity index (χ3v) is 4.66. The Morgan fingerprint density at radius 2 is 2.10 bits per heavy atom. The van der Waals surface area contributed by atoms with Crippen molar-refractivity contribution in [3.63, 3.8) is 0 Å². The SMILES string of the molecule is OB1C=C(C2CCCCC2)c2c(cnc3c2C=CC3)O1. The van der Waals surface area contributed by atoms with E-state index in [0.29, 0.717) is 5.92 Å². The van der Waals surface area contributed by atoms with Crippen molar-refractivity contribution in [3.05, 3.63) is 35.1 Å². The predicted octanol–water partition coefficient (Wildman–Crippen LogP) is 3.03. The monoisotopic (exact) mass is 267 g/mol. The number of pyridine rings is 1. The Labute approximate surface area is 119 Å². The molecule has 1 aliphatic heterocycles. The fourth-order valence-electron chi connectivity index (χ4n) is 3.72. The van der Waals surface area contributed by atoms with E-state index < -0.39 is 7.12 Å². The highest BCUT2D eigenvalue weighted by Gasteiger charge is 2.32. The van der Waals surface area contributed by atoms with E-state index in [4.69, 9.17) is 4.65 Å². The van der Waals surface area contributed by atoms with Gasteiger partial charge in [0.25, 0.3) is 0 Å². The summed E-state index contributed by atoms with van der Waals surface area (Å²) in [6.07, 6.45) is 13.3. The van der Waals surface area contributed by atoms with Crippen molar-refractivity contribution in [3.8, 4) is 5.75 Å². The zero-order chi connectivity index (χ0) is 13.5. The fourth-order valence-corrected chi connectivity index (χ4v) is 3.72. The van der Waals surface area contributed by atoms with Gasteiger partial charge in [0.2, 0.25) is 0 Å². The lowest BCUT2D eigenvalue weighted by Crippen LogP contribution is -2.26. The molecule has 0 bridgehead atoms. The van der Waals surface area contributed by atoms with Crippen LogP contribution in [0.15, 0.2) is 18.2 Å². The van der Waals surface area contributed by atoms with Crippen molar-refractivity contribution < 1.29 is 9.68 Å². The van der Waals surface area contributed by atoms with Crippen molar-refractivity contribution >= 4 is 18.8 Å². The molecule has 2 heterocycles. The average molecular weight is 267 g/mol. The molecule has 20 heavy (non-hydrogen) atoms. The molecule has 1 aromatic rings. The molecule has 0 amide bonds. The van der Waals surface area contributed by atoms with E-state index >= 15 is 0 Å². The van der Waals surface area contributed by atoms with Gasteiger partial charge in [0.1, 0.15) is 5.75 Å². The van der Waals surface area contributed by atoms with Gasteiger partial charge < -0.3 is 9.68 Å². The van der Waals surface area contributed by atoms with Crippen LogP contribution in [0.25, 0.3) is 11.6 Å². The number of rotatable bonds is 1. The standard InChI is InChI=1S/C16H18BNO2/c19-17-9-13(11-5-2-1-3-6-11)16-12-7-4-8-14(12)18-10-15(16)20-17/h4,7,9-11,19H,1-3,5-6,8H2. The van der Waals surface area contributed by atoms with Crippen molar-refractivity contribution in [2.24, 2.45) is 5.92 Å². The summed E-state index contributed by atoms with van der Waals surface area (Å²) in [5.41, 5.74) is 4.79. The Kier molecular flexibility index (Phi) is 2.92. The molecule has 0 aromatic carbocycles. The minimum Gasteiger partial charge on any atom is -0.531 e. The van der Waals surface area contributed by atoms with Gasteiger partial charge in [-0.25, -0.2) is 0 Å². The molecule has 3 nitrogen and oxygen atoms in total. The average Bonchev–Trinajstić information content (AvgIpc) is 2.95. The molecule has 2 aliphatic carbocycles. The molecular formula is C16H18BNO2. The minimum atomic E-state index is -0.829. The Bertz CT molecular complexity index is 603. The van der Waals surface area contributed by atoms with E-state index in [1.165, 1.54) is 48.8 Å². The van der Waals surface area contributed by atoms with Crippen LogP contribution >= 0.6 is 0 Å². The second-order valence-electron chi connectivity index (χ2n) is 5.93. The highest BCUT2D eigenvalue weighted by atomic mass is 16.5. The summed E-state index contributed by atoms with van der Waals surface area (Å²) in [5, 5.41) is 9.96. The van der Waals surface area contributed by atoms with E-state index in [1.807, 2.05) is 5.98 Å². The summed E-state index contributed by atoms with van der Waals surface area (Å²) in [4.78, 5) is 4.46. The lowest BCUT2D eigenvalue weighted by Gasteiger charge is -2.30. The summed E-state index contributed by atoms with van der Waals surface area (Å²) >= 11 is 0. The van der Waals surface area contributed by atoms with Crippen LogP contribution < -0.4 is 4.65 Å². The van der Waals surface area contributed by atoms with Crippen molar-refractivity contribution in [2.45, 2.75) is 38.5 Å². The van der Waals surface area contributed by atoms with Crippen LogP contribution in [0.5, 0.6) is 5.75 Å². The quantitative estimate of drug-likeness (QED) is 0.795. The molecule has 1 N–H and O–H groups in total. The molecule has 0 spiro atoms. The predicted molar refractivity (Wildman–Crippen MR) is 80.1 cm³/mol. The Morgan fingerprint density at radius 1 is 1.25 bits per heavy atom. The Hall–Kier alpha value is -1.55. The lowest BCUT2D eigenvalue weighted by atomic mass is 9.72. The first-order valence-corrected chi connectivity index (χ1v) is 7.58. The van der Waals surface area contributed by atoms with Crippen LogP contribution in [-0.4, -0.2) is 17.1 Å². The zero-order valence-electron chi connectivity index (χ0n) is 11.5. The van der Waals surface area contributed by atoms with Crippen molar-refractivity contribution in [2.75, 3.05) is 0 Å². The van der Waals surface area contributed by atoms with E-state index in [-0.39, 0.29) is 0 Å². The highest BCUT2D eigenvalue weighted by Crippen LogP contribution is 2.44. The van der Waals surface area contributed by atoms with Gasteiger partial charge in [0, 0.05) is 17.5 Å². The maximum atomic E-state index is 9.96. The van der Waals surface area contributed by atoms with Gasteiger partial charge in [0.15, 0.2) is 0 Å². The molecule has 4 heteroatoms. The van der Waals surface area contributed by atoms with E-state index in [9.17, 15) is 5.02 Å². The smallest absolute Gasteiger partial charge is 0.531 e. The molecule has 1 fully saturated rings. The summed E-state index contributed by atoms with van der Waals surface area (Å²) in [5.74, 6) is 3.21. The fraction of sp³-hybridized carbons (Fsp3) is 0.438.